The van der Waals surface area contributed by atoms with E-state index in [4.69, 9.17) is 4.74 Å². The van der Waals surface area contributed by atoms with Gasteiger partial charge in [0, 0.05) is 25.2 Å². The summed E-state index contributed by atoms with van der Waals surface area (Å²) in [6, 6.07) is 10.4. The quantitative estimate of drug-likeness (QED) is 0.506. The normalized spacial score (nSPS) is 8.10. The van der Waals surface area contributed by atoms with Gasteiger partial charge < -0.3 is 4.74 Å². The third kappa shape index (κ3) is 2.98. The zero-order valence-corrected chi connectivity index (χ0v) is 9.10. The molecular weight excluding hydrogens is 177 g/mol. The van der Waals surface area contributed by atoms with Gasteiger partial charge in [-0.1, -0.05) is 0 Å². The van der Waals surface area contributed by atoms with Gasteiger partial charge in [0.1, 0.15) is 0 Å². The van der Waals surface area contributed by atoms with Crippen molar-refractivity contribution in [3.63, 3.8) is 0 Å². The molecule has 50 valence electrons. The Kier molecular flexibility index (Phi) is 5.24. The van der Waals surface area contributed by atoms with Gasteiger partial charge in [-0.3, -0.25) is 0 Å². The van der Waals surface area contributed by atoms with E-state index in [1.807, 2.05) is 31.2 Å². The van der Waals surface area contributed by atoms with Crippen LogP contribution in [0.4, 0.5) is 0 Å². The van der Waals surface area contributed by atoms with E-state index in [1.54, 1.807) is 0 Å². The molecule has 0 aliphatic heterocycles. The largest absolute Gasteiger partial charge is 0.519 e. The Morgan fingerprint density at radius 2 is 2.00 bits per heavy atom. The van der Waals surface area contributed by atoms with E-state index < -0.39 is 0 Å². The molecule has 0 radical (unpaired) electrons. The van der Waals surface area contributed by atoms with E-state index in [1.165, 1.54) is 0 Å². The second-order valence-electron chi connectivity index (χ2n) is 1.67. The second kappa shape index (κ2) is 5.43. The van der Waals surface area contributed by atoms with Gasteiger partial charge in [-0.05, 0) is 6.92 Å². The van der Waals surface area contributed by atoms with Crippen molar-refractivity contribution >= 4 is 0 Å². The van der Waals surface area contributed by atoms with Crippen LogP contribution in [0.15, 0.2) is 24.3 Å². The van der Waals surface area contributed by atoms with Crippen LogP contribution in [0.1, 0.15) is 6.92 Å². The average Bonchev–Trinajstić information content (AvgIpc) is 1.91. The third-order valence-corrected chi connectivity index (χ3v) is 0.999. The fourth-order valence-corrected chi connectivity index (χ4v) is 0.634. The molecule has 0 heterocycles. The monoisotopic (exact) mass is 185 g/mol. The molecule has 10 heavy (non-hydrogen) atoms. The molecule has 1 nitrogen and oxygen atoms in total. The van der Waals surface area contributed by atoms with Crippen molar-refractivity contribution in [2.75, 3.05) is 6.61 Å². The van der Waals surface area contributed by atoms with Crippen molar-refractivity contribution in [3.8, 4) is 5.75 Å². The molecular formula is C8H9OZn-. The number of ether oxygens (including phenoxy) is 1. The summed E-state index contributed by atoms with van der Waals surface area (Å²) in [4.78, 5) is 0. The number of hydrogen-bond acceptors (Lipinski definition) is 1. The molecule has 0 saturated heterocycles. The summed E-state index contributed by atoms with van der Waals surface area (Å²) in [5, 5.41) is 0. The van der Waals surface area contributed by atoms with Gasteiger partial charge >= 0.3 is 0 Å². The van der Waals surface area contributed by atoms with E-state index in [2.05, 4.69) is 6.07 Å². The summed E-state index contributed by atoms with van der Waals surface area (Å²) in [5.74, 6) is 0.913. The fraction of sp³-hybridized carbons (Fsp3) is 0.250. The maximum absolute atomic E-state index is 5.19. The molecule has 0 atom stereocenters. The van der Waals surface area contributed by atoms with E-state index in [0.717, 1.165) is 12.4 Å². The molecule has 0 aliphatic carbocycles. The first-order chi connectivity index (χ1) is 4.43. The Labute approximate surface area is 74.2 Å². The molecule has 1 aromatic carbocycles. The van der Waals surface area contributed by atoms with Crippen LogP contribution in [-0.2, 0) is 19.5 Å². The minimum absolute atomic E-state index is 0. The topological polar surface area (TPSA) is 9.23 Å². The molecule has 0 saturated carbocycles. The number of hydrogen-bond donors (Lipinski definition) is 0. The number of rotatable bonds is 2. The Balaban J connectivity index is 0.000000810. The predicted octanol–water partition coefficient (Wildman–Crippen LogP) is 1.88. The van der Waals surface area contributed by atoms with Gasteiger partial charge in [0.15, 0.2) is 0 Å². The first-order valence-electron chi connectivity index (χ1n) is 3.02. The van der Waals surface area contributed by atoms with Crippen LogP contribution < -0.4 is 4.74 Å². The summed E-state index contributed by atoms with van der Waals surface area (Å²) in [5.41, 5.74) is 0. The Hall–Kier alpha value is -0.357. The zero-order chi connectivity index (χ0) is 6.53. The minimum Gasteiger partial charge on any atom is -0.519 e. The summed E-state index contributed by atoms with van der Waals surface area (Å²) < 4.78 is 5.19. The van der Waals surface area contributed by atoms with Crippen LogP contribution in [0.25, 0.3) is 0 Å². The minimum atomic E-state index is 0. The van der Waals surface area contributed by atoms with Gasteiger partial charge in [-0.2, -0.15) is 18.2 Å². The van der Waals surface area contributed by atoms with Crippen molar-refractivity contribution in [2.24, 2.45) is 0 Å². The third-order valence-electron chi connectivity index (χ3n) is 0.999. The molecule has 0 spiro atoms. The van der Waals surface area contributed by atoms with Crippen LogP contribution in [0.2, 0.25) is 0 Å². The van der Waals surface area contributed by atoms with E-state index in [-0.39, 0.29) is 19.5 Å². The van der Waals surface area contributed by atoms with Gasteiger partial charge in [-0.15, -0.1) is 12.1 Å². The molecule has 1 aromatic rings. The molecule has 1 rings (SSSR count). The summed E-state index contributed by atoms with van der Waals surface area (Å²) in [6.45, 7) is 2.70. The van der Waals surface area contributed by atoms with Gasteiger partial charge in [-0.25, -0.2) is 0 Å². The van der Waals surface area contributed by atoms with Crippen LogP contribution in [0.3, 0.4) is 0 Å². The molecule has 0 aliphatic rings. The van der Waals surface area contributed by atoms with Crippen molar-refractivity contribution in [3.05, 3.63) is 30.3 Å². The molecule has 2 heteroatoms. The molecule has 0 aromatic heterocycles. The van der Waals surface area contributed by atoms with Gasteiger partial charge in [0.2, 0.25) is 0 Å². The standard InChI is InChI=1S/C8H9O.Zn/c1-2-9-8-6-4-3-5-7-8;/h4-7H,2H2,1H3;/q-1;. The van der Waals surface area contributed by atoms with Crippen molar-refractivity contribution in [1.29, 1.82) is 0 Å². The molecule has 0 fully saturated rings. The smallest absolute Gasteiger partial charge is 0.0822 e. The van der Waals surface area contributed by atoms with Gasteiger partial charge in [0.25, 0.3) is 0 Å². The molecule has 0 amide bonds. The summed E-state index contributed by atoms with van der Waals surface area (Å²) >= 11 is 0. The van der Waals surface area contributed by atoms with Crippen LogP contribution in [0, 0.1) is 6.07 Å². The number of benzene rings is 1. The van der Waals surface area contributed by atoms with Crippen LogP contribution >= 0.6 is 0 Å². The van der Waals surface area contributed by atoms with Crippen molar-refractivity contribution in [2.45, 2.75) is 6.92 Å². The SMILES string of the molecule is CCOc1cc[c-]cc1.[Zn]. The Morgan fingerprint density at radius 3 is 2.50 bits per heavy atom. The second-order valence-corrected chi connectivity index (χ2v) is 1.67. The molecule has 0 bridgehead atoms. The molecule has 0 unspecified atom stereocenters. The maximum atomic E-state index is 5.19. The van der Waals surface area contributed by atoms with Crippen LogP contribution in [-0.4, -0.2) is 6.61 Å². The maximum Gasteiger partial charge on any atom is 0.0822 e. The fourth-order valence-electron chi connectivity index (χ4n) is 0.634. The van der Waals surface area contributed by atoms with E-state index in [9.17, 15) is 0 Å². The van der Waals surface area contributed by atoms with Crippen LogP contribution in [0.5, 0.6) is 5.75 Å². The van der Waals surface area contributed by atoms with E-state index in [0.29, 0.717) is 0 Å². The summed E-state index contributed by atoms with van der Waals surface area (Å²) in [6.07, 6.45) is 0. The Bertz CT molecular complexity index is 162. The first kappa shape index (κ1) is 9.64. The molecule has 0 N–H and O–H groups in total. The van der Waals surface area contributed by atoms with Gasteiger partial charge in [0.05, 0.1) is 6.61 Å². The average molecular weight is 187 g/mol. The van der Waals surface area contributed by atoms with E-state index >= 15 is 0 Å². The van der Waals surface area contributed by atoms with Crippen molar-refractivity contribution in [1.82, 2.24) is 0 Å². The Morgan fingerprint density at radius 1 is 1.40 bits per heavy atom. The van der Waals surface area contributed by atoms with Crippen molar-refractivity contribution < 1.29 is 24.2 Å². The predicted molar refractivity (Wildman–Crippen MR) is 36.4 cm³/mol. The zero-order valence-electron chi connectivity index (χ0n) is 6.13. The summed E-state index contributed by atoms with van der Waals surface area (Å²) in [7, 11) is 0. The first-order valence-corrected chi connectivity index (χ1v) is 3.02.